The monoisotopic (exact) mass is 455 g/mol. The van der Waals surface area contributed by atoms with Crippen LogP contribution < -0.4 is 0 Å². The van der Waals surface area contributed by atoms with Crippen LogP contribution in [-0.2, 0) is 9.53 Å². The Kier molecular flexibility index (Phi) is 5.83. The van der Waals surface area contributed by atoms with E-state index in [-0.39, 0.29) is 23.9 Å². The molecule has 0 unspecified atom stereocenters. The minimum atomic E-state index is -0.0252. The van der Waals surface area contributed by atoms with Crippen molar-refractivity contribution in [1.29, 1.82) is 0 Å². The molecule has 1 saturated heterocycles. The van der Waals surface area contributed by atoms with Gasteiger partial charge in [0.1, 0.15) is 6.10 Å². The second-order valence-corrected chi connectivity index (χ2v) is 10.2. The normalized spacial score (nSPS) is 32.5. The Bertz CT molecular complexity index is 1000. The predicted molar refractivity (Wildman–Crippen MR) is 125 cm³/mol. The van der Waals surface area contributed by atoms with E-state index < -0.39 is 0 Å². The number of nitrogens with zero attached hydrogens (tertiary/aromatic N) is 1. The minimum absolute atomic E-state index is 0.0204. The molecular weight excluding hydrogens is 429 g/mol. The molecule has 0 bridgehead atoms. The number of allylic oxidation sites excluding steroid dienone is 1. The van der Waals surface area contributed by atoms with Crippen LogP contribution in [0.5, 0.6) is 0 Å². The van der Waals surface area contributed by atoms with E-state index in [1.54, 1.807) is 12.1 Å². The Hall–Kier alpha value is -1.84. The van der Waals surface area contributed by atoms with Crippen LogP contribution in [0.4, 0.5) is 0 Å². The van der Waals surface area contributed by atoms with E-state index in [2.05, 4.69) is 17.1 Å². The lowest BCUT2D eigenvalue weighted by atomic mass is 9.59. The van der Waals surface area contributed by atoms with Crippen LogP contribution in [-0.4, -0.2) is 17.1 Å². The fourth-order valence-electron chi connectivity index (χ4n) is 6.08. The Morgan fingerprint density at radius 3 is 2.77 bits per heavy atom. The van der Waals surface area contributed by atoms with Gasteiger partial charge >= 0.3 is 5.97 Å². The molecule has 0 N–H and O–H groups in total. The summed E-state index contributed by atoms with van der Waals surface area (Å²) in [7, 11) is 0. The van der Waals surface area contributed by atoms with Gasteiger partial charge in [0.05, 0.1) is 11.6 Å². The van der Waals surface area contributed by atoms with Gasteiger partial charge in [0, 0.05) is 33.3 Å². The molecule has 6 atom stereocenters. The van der Waals surface area contributed by atoms with Crippen molar-refractivity contribution in [1.82, 2.24) is 4.98 Å². The summed E-state index contributed by atoms with van der Waals surface area (Å²) >= 11 is 12.5. The van der Waals surface area contributed by atoms with E-state index >= 15 is 0 Å². The maximum Gasteiger partial charge on any atom is 0.309 e. The number of fused-ring (bicyclic) bond motifs is 2. The van der Waals surface area contributed by atoms with Gasteiger partial charge in [-0.1, -0.05) is 61.5 Å². The fraction of sp³-hybridized carbons (Fsp3) is 0.462. The highest BCUT2D eigenvalue weighted by atomic mass is 35.5. The third kappa shape index (κ3) is 4.03. The molecule has 2 aromatic rings. The lowest BCUT2D eigenvalue weighted by Crippen LogP contribution is -2.43. The average Bonchev–Trinajstić information content (AvgIpc) is 3.06. The SMILES string of the molecule is C[C@@H]1C(=O)O[C@@H]2C[C@@H]3CCCC[C@H]3[C@H](/C=C/c3ccc(-c4cc(Cl)ccc4Cl)cn3)[C@@H]12. The van der Waals surface area contributed by atoms with Crippen LogP contribution >= 0.6 is 23.2 Å². The Morgan fingerprint density at radius 1 is 1.13 bits per heavy atom. The Morgan fingerprint density at radius 2 is 1.97 bits per heavy atom. The van der Waals surface area contributed by atoms with Gasteiger partial charge in [-0.3, -0.25) is 9.78 Å². The van der Waals surface area contributed by atoms with Gasteiger partial charge in [-0.2, -0.15) is 0 Å². The first kappa shape index (κ1) is 21.0. The molecule has 3 nitrogen and oxygen atoms in total. The Labute approximate surface area is 193 Å². The first-order valence-electron chi connectivity index (χ1n) is 11.3. The van der Waals surface area contributed by atoms with Gasteiger partial charge in [-0.25, -0.2) is 0 Å². The summed E-state index contributed by atoms with van der Waals surface area (Å²) in [6, 6.07) is 9.50. The minimum Gasteiger partial charge on any atom is -0.462 e. The zero-order valence-electron chi connectivity index (χ0n) is 17.6. The lowest BCUT2D eigenvalue weighted by molar-refractivity contribution is -0.145. The quantitative estimate of drug-likeness (QED) is 0.464. The van der Waals surface area contributed by atoms with Crippen LogP contribution in [0.2, 0.25) is 10.0 Å². The number of ether oxygens (including phenoxy) is 1. The molecule has 1 aromatic heterocycles. The number of benzene rings is 1. The van der Waals surface area contributed by atoms with Crippen molar-refractivity contribution >= 4 is 35.2 Å². The highest BCUT2D eigenvalue weighted by Gasteiger charge is 2.53. The van der Waals surface area contributed by atoms with Crippen molar-refractivity contribution in [2.24, 2.45) is 29.6 Å². The average molecular weight is 456 g/mol. The molecule has 31 heavy (non-hydrogen) atoms. The number of pyridine rings is 1. The largest absolute Gasteiger partial charge is 0.462 e. The standard InChI is InChI=1S/C26H27Cl2NO2/c1-15-25-21(20-5-3-2-4-16(20)12-24(25)31-26(15)30)10-9-19-8-6-17(14-29-19)22-13-18(27)7-11-23(22)28/h6-11,13-16,20-21,24-25H,2-5,12H2,1H3/b10-9+/t15-,16-,20+,21-,24+,25+/m0/s1. The molecule has 2 heterocycles. The summed E-state index contributed by atoms with van der Waals surface area (Å²) in [5.41, 5.74) is 2.74. The van der Waals surface area contributed by atoms with Gasteiger partial charge in [0.2, 0.25) is 0 Å². The number of hydrogen-bond donors (Lipinski definition) is 0. The van der Waals surface area contributed by atoms with Gasteiger partial charge < -0.3 is 4.74 Å². The molecule has 5 heteroatoms. The molecule has 5 rings (SSSR count). The van der Waals surface area contributed by atoms with E-state index in [4.69, 9.17) is 27.9 Å². The van der Waals surface area contributed by atoms with E-state index in [9.17, 15) is 4.79 Å². The fourth-order valence-corrected chi connectivity index (χ4v) is 6.48. The summed E-state index contributed by atoms with van der Waals surface area (Å²) in [4.78, 5) is 17.0. The van der Waals surface area contributed by atoms with E-state index in [1.165, 1.54) is 25.7 Å². The van der Waals surface area contributed by atoms with Crippen LogP contribution in [0, 0.1) is 29.6 Å². The second-order valence-electron chi connectivity index (χ2n) is 9.32. The number of aromatic nitrogens is 1. The van der Waals surface area contributed by atoms with Crippen molar-refractivity contribution in [3.05, 3.63) is 58.3 Å². The zero-order chi connectivity index (χ0) is 21.5. The number of halogens is 2. The molecule has 2 aliphatic carbocycles. The second kappa shape index (κ2) is 8.60. The highest BCUT2D eigenvalue weighted by Crippen LogP contribution is 2.52. The van der Waals surface area contributed by atoms with Gasteiger partial charge in [-0.05, 0) is 60.9 Å². The zero-order valence-corrected chi connectivity index (χ0v) is 19.1. The molecule has 2 saturated carbocycles. The predicted octanol–water partition coefficient (Wildman–Crippen LogP) is 7.07. The van der Waals surface area contributed by atoms with Gasteiger partial charge in [0.25, 0.3) is 0 Å². The molecule has 3 fully saturated rings. The van der Waals surface area contributed by atoms with Crippen molar-refractivity contribution in [3.63, 3.8) is 0 Å². The third-order valence-corrected chi connectivity index (χ3v) is 8.17. The number of carbonyl (C=O) groups excluding carboxylic acids is 1. The molecule has 1 aliphatic heterocycles. The molecule has 162 valence electrons. The molecular formula is C26H27Cl2NO2. The van der Waals surface area contributed by atoms with Gasteiger partial charge in [0.15, 0.2) is 0 Å². The Balaban J connectivity index is 1.40. The lowest BCUT2D eigenvalue weighted by Gasteiger charge is -2.46. The van der Waals surface area contributed by atoms with Crippen LogP contribution in [0.25, 0.3) is 17.2 Å². The van der Waals surface area contributed by atoms with E-state index in [1.807, 2.05) is 31.3 Å². The van der Waals surface area contributed by atoms with Crippen molar-refractivity contribution < 1.29 is 9.53 Å². The van der Waals surface area contributed by atoms with Crippen molar-refractivity contribution in [2.45, 2.75) is 45.1 Å². The first-order chi connectivity index (χ1) is 15.0. The number of esters is 1. The highest BCUT2D eigenvalue weighted by molar-refractivity contribution is 6.35. The molecule has 0 spiro atoms. The third-order valence-electron chi connectivity index (χ3n) is 7.60. The van der Waals surface area contributed by atoms with Crippen LogP contribution in [0.3, 0.4) is 0 Å². The van der Waals surface area contributed by atoms with Gasteiger partial charge in [-0.15, -0.1) is 0 Å². The summed E-state index contributed by atoms with van der Waals surface area (Å²) < 4.78 is 5.78. The van der Waals surface area contributed by atoms with E-state index in [0.29, 0.717) is 27.8 Å². The molecule has 1 aromatic carbocycles. The summed E-state index contributed by atoms with van der Waals surface area (Å²) in [6.45, 7) is 2.04. The van der Waals surface area contributed by atoms with E-state index in [0.717, 1.165) is 23.2 Å². The van der Waals surface area contributed by atoms with Crippen molar-refractivity contribution in [3.8, 4) is 11.1 Å². The molecule has 0 amide bonds. The van der Waals surface area contributed by atoms with Crippen LogP contribution in [0.1, 0.15) is 44.7 Å². The van der Waals surface area contributed by atoms with Crippen LogP contribution in [0.15, 0.2) is 42.6 Å². The molecule has 3 aliphatic rings. The smallest absolute Gasteiger partial charge is 0.309 e. The van der Waals surface area contributed by atoms with Crippen molar-refractivity contribution in [2.75, 3.05) is 0 Å². The summed E-state index contributed by atoms with van der Waals surface area (Å²) in [5.74, 6) is 1.92. The summed E-state index contributed by atoms with van der Waals surface area (Å²) in [6.07, 6.45) is 12.5. The number of hydrogen-bond acceptors (Lipinski definition) is 3. The molecule has 0 radical (unpaired) electrons. The summed E-state index contributed by atoms with van der Waals surface area (Å²) in [5, 5.41) is 1.31. The maximum absolute atomic E-state index is 12.3. The maximum atomic E-state index is 12.3. The first-order valence-corrected chi connectivity index (χ1v) is 12.1. The number of carbonyl (C=O) groups is 1. The topological polar surface area (TPSA) is 39.2 Å². The number of rotatable bonds is 3.